The van der Waals surface area contributed by atoms with Gasteiger partial charge in [0.2, 0.25) is 5.91 Å². The van der Waals surface area contributed by atoms with Crippen molar-refractivity contribution in [1.29, 1.82) is 0 Å². The summed E-state index contributed by atoms with van der Waals surface area (Å²) in [5, 5.41) is 24.1. The lowest BCUT2D eigenvalue weighted by Gasteiger charge is -2.20. The summed E-state index contributed by atoms with van der Waals surface area (Å²) in [6, 6.07) is 9.64. The molecule has 36 heavy (non-hydrogen) atoms. The number of rotatable bonds is 12. The number of carbonyl (C=O) groups is 2. The zero-order valence-electron chi connectivity index (χ0n) is 19.9. The number of non-ortho nitro benzene ring substituents is 2. The van der Waals surface area contributed by atoms with Crippen LogP contribution in [0, 0.1) is 20.2 Å². The lowest BCUT2D eigenvalue weighted by atomic mass is 10.2. The van der Waals surface area contributed by atoms with Crippen molar-refractivity contribution in [3.05, 3.63) is 68.8 Å². The molecule has 0 saturated heterocycles. The van der Waals surface area contributed by atoms with Gasteiger partial charge in [-0.05, 0) is 51.5 Å². The molecule has 0 heterocycles. The normalized spacial score (nSPS) is 11.3. The van der Waals surface area contributed by atoms with Crippen LogP contribution in [0.1, 0.15) is 33.6 Å². The largest absolute Gasteiger partial charge is 0.459 e. The highest BCUT2D eigenvalue weighted by molar-refractivity contribution is 7.54. The van der Waals surface area contributed by atoms with Crippen LogP contribution in [-0.2, 0) is 18.9 Å². The monoisotopic (exact) mass is 523 g/mol. The predicted molar refractivity (Wildman–Crippen MR) is 128 cm³/mol. The topological polar surface area (TPSA) is 177 Å². The van der Waals surface area contributed by atoms with Crippen molar-refractivity contribution in [2.75, 3.05) is 12.7 Å². The Morgan fingerprint density at radius 2 is 1.33 bits per heavy atom. The second-order valence-electron chi connectivity index (χ2n) is 8.49. The van der Waals surface area contributed by atoms with Gasteiger partial charge in [-0.3, -0.25) is 29.8 Å². The Hall–Kier alpha value is -3.99. The zero-order valence-corrected chi connectivity index (χ0v) is 20.8. The van der Waals surface area contributed by atoms with Gasteiger partial charge >= 0.3 is 13.6 Å². The van der Waals surface area contributed by atoms with Crippen LogP contribution in [0.15, 0.2) is 48.5 Å². The third kappa shape index (κ3) is 9.71. The van der Waals surface area contributed by atoms with Gasteiger partial charge in [0.1, 0.15) is 23.6 Å². The van der Waals surface area contributed by atoms with Crippen LogP contribution in [-0.4, -0.2) is 40.0 Å². The van der Waals surface area contributed by atoms with E-state index >= 15 is 0 Å². The molecule has 2 rings (SSSR count). The quantitative estimate of drug-likeness (QED) is 0.182. The SMILES string of the molecule is CC(C)(C)OC(=O)CNC(=O)CCCP(=O)(Oc1ccc([N+](=O)[O-])cc1)Oc1ccc([N+](=O)[O-])cc1. The van der Waals surface area contributed by atoms with E-state index in [0.29, 0.717) is 0 Å². The van der Waals surface area contributed by atoms with Crippen molar-refractivity contribution in [1.82, 2.24) is 5.32 Å². The molecule has 0 bridgehead atoms. The second-order valence-corrected chi connectivity index (χ2v) is 10.5. The molecule has 0 aliphatic rings. The summed E-state index contributed by atoms with van der Waals surface area (Å²) in [6.45, 7) is 4.76. The third-order valence-corrected chi connectivity index (χ3v) is 6.11. The van der Waals surface area contributed by atoms with Crippen LogP contribution in [0.25, 0.3) is 0 Å². The highest BCUT2D eigenvalue weighted by atomic mass is 31.2. The van der Waals surface area contributed by atoms with Crippen molar-refractivity contribution >= 4 is 30.8 Å². The van der Waals surface area contributed by atoms with E-state index < -0.39 is 34.9 Å². The Kier molecular flexibility index (Phi) is 9.51. The summed E-state index contributed by atoms with van der Waals surface area (Å²) < 4.78 is 29.6. The van der Waals surface area contributed by atoms with E-state index in [2.05, 4.69) is 5.32 Å². The summed E-state index contributed by atoms with van der Waals surface area (Å²) in [7, 11) is -3.97. The Bertz CT molecular complexity index is 1080. The van der Waals surface area contributed by atoms with Crippen molar-refractivity contribution in [3.8, 4) is 11.5 Å². The van der Waals surface area contributed by atoms with Gasteiger partial charge < -0.3 is 19.1 Å². The molecule has 13 nitrogen and oxygen atoms in total. The standard InChI is InChI=1S/C22H26N3O10P/c1-22(2,3)33-21(27)15-23-20(26)5-4-14-36(32,34-18-10-6-16(7-11-18)24(28)29)35-19-12-8-17(9-13-19)25(30)31/h6-13H,4-5,14-15H2,1-3H3,(H,23,26). The van der Waals surface area contributed by atoms with Gasteiger partial charge in [-0.2, -0.15) is 0 Å². The molecule has 14 heteroatoms. The summed E-state index contributed by atoms with van der Waals surface area (Å²) >= 11 is 0. The fourth-order valence-electron chi connectivity index (χ4n) is 2.76. The molecular weight excluding hydrogens is 497 g/mol. The van der Waals surface area contributed by atoms with E-state index in [9.17, 15) is 34.4 Å². The van der Waals surface area contributed by atoms with Gasteiger partial charge in [-0.25, -0.2) is 4.57 Å². The van der Waals surface area contributed by atoms with Gasteiger partial charge in [0.15, 0.2) is 0 Å². The number of nitrogens with zero attached hydrogens (tertiary/aromatic N) is 2. The molecule has 0 fully saturated rings. The van der Waals surface area contributed by atoms with Gasteiger partial charge in [0.25, 0.3) is 11.4 Å². The average molecular weight is 523 g/mol. The number of carbonyl (C=O) groups excluding carboxylic acids is 2. The second kappa shape index (κ2) is 12.1. The maximum Gasteiger partial charge on any atom is 0.430 e. The molecule has 1 amide bonds. The maximum absolute atomic E-state index is 13.5. The zero-order chi connectivity index (χ0) is 26.9. The van der Waals surface area contributed by atoms with Gasteiger partial charge in [-0.15, -0.1) is 0 Å². The minimum Gasteiger partial charge on any atom is -0.459 e. The Morgan fingerprint density at radius 3 is 1.72 bits per heavy atom. The van der Waals surface area contributed by atoms with E-state index in [1.165, 1.54) is 24.3 Å². The van der Waals surface area contributed by atoms with Crippen LogP contribution in [0.4, 0.5) is 11.4 Å². The predicted octanol–water partition coefficient (Wildman–Crippen LogP) is 4.39. The molecule has 2 aromatic carbocycles. The molecule has 0 saturated carbocycles. The minimum absolute atomic E-state index is 0.0280. The van der Waals surface area contributed by atoms with E-state index in [1.807, 2.05) is 0 Å². The molecule has 0 unspecified atom stereocenters. The Balaban J connectivity index is 2.05. The van der Waals surface area contributed by atoms with Crippen LogP contribution in [0.5, 0.6) is 11.5 Å². The van der Waals surface area contributed by atoms with Crippen molar-refractivity contribution in [2.24, 2.45) is 0 Å². The lowest BCUT2D eigenvalue weighted by Crippen LogP contribution is -2.34. The summed E-state index contributed by atoms with van der Waals surface area (Å²) in [4.78, 5) is 44.3. The van der Waals surface area contributed by atoms with Gasteiger partial charge in [0, 0.05) is 30.7 Å². The molecular formula is C22H26N3O10P. The molecule has 0 aromatic heterocycles. The average Bonchev–Trinajstić information content (AvgIpc) is 2.77. The number of ether oxygens (including phenoxy) is 1. The summed E-state index contributed by atoms with van der Waals surface area (Å²) in [5.74, 6) is -1.04. The number of esters is 1. The lowest BCUT2D eigenvalue weighted by molar-refractivity contribution is -0.385. The van der Waals surface area contributed by atoms with Crippen LogP contribution < -0.4 is 14.4 Å². The van der Waals surface area contributed by atoms with Crippen LogP contribution in [0.3, 0.4) is 0 Å². The van der Waals surface area contributed by atoms with E-state index in [-0.39, 0.29) is 48.4 Å². The number of nitrogens with one attached hydrogen (secondary N) is 1. The van der Waals surface area contributed by atoms with Crippen LogP contribution >= 0.6 is 7.60 Å². The molecule has 1 N–H and O–H groups in total. The van der Waals surface area contributed by atoms with Crippen molar-refractivity contribution in [2.45, 2.75) is 39.2 Å². The Labute approximate surface area is 206 Å². The van der Waals surface area contributed by atoms with Crippen molar-refractivity contribution < 1.29 is 37.8 Å². The highest BCUT2D eigenvalue weighted by Gasteiger charge is 2.29. The third-order valence-electron chi connectivity index (χ3n) is 4.27. The van der Waals surface area contributed by atoms with E-state index in [4.69, 9.17) is 13.8 Å². The smallest absolute Gasteiger partial charge is 0.430 e. The molecule has 194 valence electrons. The first-order chi connectivity index (χ1) is 16.8. The molecule has 0 atom stereocenters. The van der Waals surface area contributed by atoms with E-state index in [0.717, 1.165) is 24.3 Å². The minimum atomic E-state index is -3.97. The number of benzene rings is 2. The molecule has 0 spiro atoms. The summed E-state index contributed by atoms with van der Waals surface area (Å²) in [5.41, 5.74) is -1.09. The van der Waals surface area contributed by atoms with Crippen LogP contribution in [0.2, 0.25) is 0 Å². The first kappa shape index (κ1) is 28.2. The number of hydrogen-bond donors (Lipinski definition) is 1. The summed E-state index contributed by atoms with van der Waals surface area (Å²) in [6.07, 6.45) is -0.307. The fraction of sp³-hybridized carbons (Fsp3) is 0.364. The molecule has 0 radical (unpaired) electrons. The number of nitro groups is 2. The fourth-order valence-corrected chi connectivity index (χ4v) is 4.41. The highest BCUT2D eigenvalue weighted by Crippen LogP contribution is 2.49. The first-order valence-corrected chi connectivity index (χ1v) is 12.4. The van der Waals surface area contributed by atoms with Gasteiger partial charge in [0.05, 0.1) is 16.0 Å². The van der Waals surface area contributed by atoms with Crippen molar-refractivity contribution in [3.63, 3.8) is 0 Å². The molecule has 0 aliphatic carbocycles. The van der Waals surface area contributed by atoms with Gasteiger partial charge in [-0.1, -0.05) is 0 Å². The number of hydrogen-bond acceptors (Lipinski definition) is 10. The first-order valence-electron chi connectivity index (χ1n) is 10.7. The maximum atomic E-state index is 13.5. The number of amides is 1. The number of nitro benzene ring substituents is 2. The van der Waals surface area contributed by atoms with E-state index in [1.54, 1.807) is 20.8 Å². The Morgan fingerprint density at radius 1 is 0.889 bits per heavy atom. The molecule has 2 aromatic rings. The molecule has 0 aliphatic heterocycles.